The Morgan fingerprint density at radius 2 is 1.96 bits per heavy atom. The van der Waals surface area contributed by atoms with Crippen molar-refractivity contribution >= 4 is 23.2 Å². The number of hydrogen-bond donors (Lipinski definition) is 2. The van der Waals surface area contributed by atoms with Crippen LogP contribution >= 0.6 is 11.3 Å². The molecule has 0 aliphatic rings. The Balaban J connectivity index is 2.23. The molecule has 0 bridgehead atoms. The normalized spacial score (nSPS) is 12.9. The number of aliphatic carboxylic acids is 1. The van der Waals surface area contributed by atoms with Gasteiger partial charge in [-0.3, -0.25) is 4.79 Å². The molecule has 0 unspecified atom stereocenters. The van der Waals surface area contributed by atoms with Gasteiger partial charge in [0.05, 0.1) is 5.56 Å². The predicted octanol–water partition coefficient (Wildman–Crippen LogP) is 3.67. The van der Waals surface area contributed by atoms with Crippen LogP contribution in [0.4, 0.5) is 13.2 Å². The molecule has 1 aromatic carbocycles. The van der Waals surface area contributed by atoms with Gasteiger partial charge in [0.2, 0.25) is 0 Å². The number of halogens is 3. The third-order valence-corrected chi connectivity index (χ3v) is 4.28. The van der Waals surface area contributed by atoms with E-state index in [2.05, 4.69) is 10.3 Å². The molecule has 2 N–H and O–H groups in total. The lowest BCUT2D eigenvalue weighted by atomic mass is 10.0. The zero-order valence-corrected chi connectivity index (χ0v) is 14.1. The maximum Gasteiger partial charge on any atom is 0.416 e. The molecule has 0 fully saturated rings. The highest BCUT2D eigenvalue weighted by Crippen LogP contribution is 2.33. The molecule has 1 atom stereocenters. The molecule has 25 heavy (non-hydrogen) atoms. The van der Waals surface area contributed by atoms with Crippen LogP contribution in [0.1, 0.15) is 29.9 Å². The second kappa shape index (κ2) is 7.22. The molecule has 134 valence electrons. The summed E-state index contributed by atoms with van der Waals surface area (Å²) in [6.07, 6.45) is -4.47. The molecule has 0 aliphatic heterocycles. The van der Waals surface area contributed by atoms with Crippen molar-refractivity contribution in [2.45, 2.75) is 26.1 Å². The third-order valence-electron chi connectivity index (χ3n) is 3.39. The van der Waals surface area contributed by atoms with E-state index in [1.165, 1.54) is 17.5 Å². The van der Waals surface area contributed by atoms with Crippen LogP contribution in [0.15, 0.2) is 29.6 Å². The first-order valence-corrected chi connectivity index (χ1v) is 8.14. The van der Waals surface area contributed by atoms with E-state index >= 15 is 0 Å². The topological polar surface area (TPSA) is 79.3 Å². The first-order chi connectivity index (χ1) is 11.6. The maximum absolute atomic E-state index is 12.8. The fraction of sp³-hybridized carbons (Fsp3) is 0.312. The van der Waals surface area contributed by atoms with Crippen LogP contribution in [0.5, 0.6) is 0 Å². The van der Waals surface area contributed by atoms with Gasteiger partial charge in [0.1, 0.15) is 16.7 Å². The van der Waals surface area contributed by atoms with E-state index in [9.17, 15) is 22.8 Å². The van der Waals surface area contributed by atoms with Gasteiger partial charge < -0.3 is 10.4 Å². The predicted molar refractivity (Wildman–Crippen MR) is 86.3 cm³/mol. The minimum atomic E-state index is -4.47. The van der Waals surface area contributed by atoms with Gasteiger partial charge in [-0.25, -0.2) is 9.78 Å². The minimum absolute atomic E-state index is 0.0377. The molecule has 1 aromatic heterocycles. The molecule has 0 spiro atoms. The van der Waals surface area contributed by atoms with Crippen molar-refractivity contribution in [2.24, 2.45) is 5.92 Å². The average molecular weight is 372 g/mol. The fourth-order valence-electron chi connectivity index (χ4n) is 2.07. The number of carbonyl (C=O) groups is 2. The lowest BCUT2D eigenvalue weighted by Crippen LogP contribution is -2.44. The number of amides is 1. The molecule has 1 amide bonds. The molecule has 0 radical (unpaired) electrons. The summed E-state index contributed by atoms with van der Waals surface area (Å²) in [5.41, 5.74) is -0.612. The molecule has 9 heteroatoms. The van der Waals surface area contributed by atoms with Crippen LogP contribution in [0.25, 0.3) is 10.6 Å². The largest absolute Gasteiger partial charge is 0.480 e. The smallest absolute Gasteiger partial charge is 0.416 e. The number of thiazole rings is 1. The Kier molecular flexibility index (Phi) is 5.46. The standard InChI is InChI=1S/C16H15F3N2O3S/c1-8(2)12(15(23)24)21-13(22)11-7-25-14(20-11)9-4-3-5-10(6-9)16(17,18)19/h3-8,12H,1-2H3,(H,21,22)(H,23,24)/t12-/m0/s1. The van der Waals surface area contributed by atoms with Gasteiger partial charge in [0, 0.05) is 10.9 Å². The summed E-state index contributed by atoms with van der Waals surface area (Å²) in [4.78, 5) is 27.3. The van der Waals surface area contributed by atoms with Gasteiger partial charge in [0.15, 0.2) is 0 Å². The van der Waals surface area contributed by atoms with Crippen molar-refractivity contribution in [3.05, 3.63) is 40.9 Å². The van der Waals surface area contributed by atoms with Crippen molar-refractivity contribution in [1.29, 1.82) is 0 Å². The number of carboxylic acid groups (broad SMARTS) is 1. The summed E-state index contributed by atoms with van der Waals surface area (Å²) in [5.74, 6) is -2.18. The molecular weight excluding hydrogens is 357 g/mol. The van der Waals surface area contributed by atoms with E-state index in [1.807, 2.05) is 0 Å². The van der Waals surface area contributed by atoms with Crippen LogP contribution in [-0.2, 0) is 11.0 Å². The molecule has 0 saturated carbocycles. The summed E-state index contributed by atoms with van der Waals surface area (Å²) in [6, 6.07) is 3.55. The van der Waals surface area contributed by atoms with Crippen LogP contribution in [0, 0.1) is 5.92 Å². The highest BCUT2D eigenvalue weighted by molar-refractivity contribution is 7.13. The molecule has 2 aromatic rings. The van der Waals surface area contributed by atoms with Gasteiger partial charge in [-0.1, -0.05) is 26.0 Å². The van der Waals surface area contributed by atoms with Crippen molar-refractivity contribution < 1.29 is 27.9 Å². The minimum Gasteiger partial charge on any atom is -0.480 e. The van der Waals surface area contributed by atoms with Crippen molar-refractivity contribution in [1.82, 2.24) is 10.3 Å². The molecule has 0 aliphatic carbocycles. The van der Waals surface area contributed by atoms with E-state index < -0.39 is 29.7 Å². The number of aromatic nitrogens is 1. The summed E-state index contributed by atoms with van der Waals surface area (Å²) >= 11 is 1.01. The third kappa shape index (κ3) is 4.56. The molecular formula is C16H15F3N2O3S. The van der Waals surface area contributed by atoms with E-state index in [0.717, 1.165) is 23.5 Å². The number of carbonyl (C=O) groups excluding carboxylic acids is 1. The zero-order chi connectivity index (χ0) is 18.8. The van der Waals surface area contributed by atoms with Gasteiger partial charge >= 0.3 is 12.1 Å². The summed E-state index contributed by atoms with van der Waals surface area (Å²) in [7, 11) is 0. The van der Waals surface area contributed by atoms with E-state index in [0.29, 0.717) is 0 Å². The Labute approximate surface area is 145 Å². The Morgan fingerprint density at radius 3 is 2.52 bits per heavy atom. The lowest BCUT2D eigenvalue weighted by molar-refractivity contribution is -0.140. The first-order valence-electron chi connectivity index (χ1n) is 7.26. The van der Waals surface area contributed by atoms with E-state index in [-0.39, 0.29) is 22.2 Å². The quantitative estimate of drug-likeness (QED) is 0.839. The second-order valence-electron chi connectivity index (χ2n) is 5.65. The van der Waals surface area contributed by atoms with E-state index in [4.69, 9.17) is 5.11 Å². The molecule has 2 rings (SSSR count). The van der Waals surface area contributed by atoms with Crippen LogP contribution in [0.3, 0.4) is 0 Å². The van der Waals surface area contributed by atoms with Crippen LogP contribution in [0.2, 0.25) is 0 Å². The Hall–Kier alpha value is -2.42. The summed E-state index contributed by atoms with van der Waals surface area (Å²) in [5, 5.41) is 13.1. The second-order valence-corrected chi connectivity index (χ2v) is 6.51. The van der Waals surface area contributed by atoms with E-state index in [1.54, 1.807) is 13.8 Å². The van der Waals surface area contributed by atoms with Gasteiger partial charge in [0.25, 0.3) is 5.91 Å². The van der Waals surface area contributed by atoms with Gasteiger partial charge in [-0.05, 0) is 18.1 Å². The van der Waals surface area contributed by atoms with Crippen LogP contribution in [-0.4, -0.2) is 28.0 Å². The summed E-state index contributed by atoms with van der Waals surface area (Å²) in [6.45, 7) is 3.29. The Morgan fingerprint density at radius 1 is 1.28 bits per heavy atom. The van der Waals surface area contributed by atoms with Gasteiger partial charge in [-0.2, -0.15) is 13.2 Å². The number of nitrogens with zero attached hydrogens (tertiary/aromatic N) is 1. The highest BCUT2D eigenvalue weighted by Gasteiger charge is 2.31. The van der Waals surface area contributed by atoms with Gasteiger partial charge in [-0.15, -0.1) is 11.3 Å². The number of rotatable bonds is 5. The Bertz CT molecular complexity index is 787. The molecule has 0 saturated heterocycles. The number of alkyl halides is 3. The average Bonchev–Trinajstić information content (AvgIpc) is 3.01. The number of benzene rings is 1. The maximum atomic E-state index is 12.8. The van der Waals surface area contributed by atoms with Crippen molar-refractivity contribution in [3.8, 4) is 10.6 Å². The lowest BCUT2D eigenvalue weighted by Gasteiger charge is -2.16. The monoisotopic (exact) mass is 372 g/mol. The molecule has 1 heterocycles. The number of carboxylic acids is 1. The summed E-state index contributed by atoms with van der Waals surface area (Å²) < 4.78 is 38.3. The highest BCUT2D eigenvalue weighted by atomic mass is 32.1. The first kappa shape index (κ1) is 18.9. The van der Waals surface area contributed by atoms with Crippen LogP contribution < -0.4 is 5.32 Å². The fourth-order valence-corrected chi connectivity index (χ4v) is 2.87. The SMILES string of the molecule is CC(C)[C@H](NC(=O)c1csc(-c2cccc(C(F)(F)F)c2)n1)C(=O)O. The zero-order valence-electron chi connectivity index (χ0n) is 13.3. The molecule has 5 nitrogen and oxygen atoms in total. The van der Waals surface area contributed by atoms with Crippen molar-refractivity contribution in [3.63, 3.8) is 0 Å². The van der Waals surface area contributed by atoms with Crippen molar-refractivity contribution in [2.75, 3.05) is 0 Å². The number of nitrogens with one attached hydrogen (secondary N) is 1. The number of hydrogen-bond acceptors (Lipinski definition) is 4.